The maximum Gasteiger partial charge on any atom is 0.176 e. The Kier molecular flexibility index (Phi) is 9.18. The first-order valence-corrected chi connectivity index (χ1v) is 9.82. The van der Waals surface area contributed by atoms with E-state index in [0.717, 1.165) is 19.3 Å². The number of para-hydroxylation sites is 1. The number of aliphatic hydroxyl groups excluding tert-OH is 2. The Balaban J connectivity index is 1.86. The first-order valence-electron chi connectivity index (χ1n) is 9.82. The molecule has 0 aliphatic carbocycles. The number of aliphatic hydroxyl groups is 2. The highest BCUT2D eigenvalue weighted by molar-refractivity contribution is 5.71. The highest BCUT2D eigenvalue weighted by atomic mass is 16.5. The number of benzene rings is 1. The molecule has 2 rings (SSSR count). The van der Waals surface area contributed by atoms with E-state index in [-0.39, 0.29) is 19.0 Å². The zero-order chi connectivity index (χ0) is 18.6. The molecule has 26 heavy (non-hydrogen) atoms. The lowest BCUT2D eigenvalue weighted by atomic mass is 10.1. The van der Waals surface area contributed by atoms with E-state index in [0.29, 0.717) is 42.5 Å². The van der Waals surface area contributed by atoms with Crippen LogP contribution in [0.5, 0.6) is 11.5 Å². The number of hydrogen-bond donors (Lipinski definition) is 2. The van der Waals surface area contributed by atoms with Gasteiger partial charge in [-0.1, -0.05) is 45.1 Å². The van der Waals surface area contributed by atoms with Gasteiger partial charge in [0.1, 0.15) is 6.61 Å². The molecule has 0 atom stereocenters. The third-order valence-electron chi connectivity index (χ3n) is 4.43. The summed E-state index contributed by atoms with van der Waals surface area (Å²) in [4.78, 5) is 0. The fraction of sp³-hybridized carbons (Fsp3) is 0.619. The summed E-state index contributed by atoms with van der Waals surface area (Å²) in [5, 5.41) is 19.3. The molecule has 1 aromatic carbocycles. The largest absolute Gasteiger partial charge is 0.504 e. The lowest BCUT2D eigenvalue weighted by Crippen LogP contribution is -2.15. The van der Waals surface area contributed by atoms with Gasteiger partial charge in [-0.2, -0.15) is 0 Å². The highest BCUT2D eigenvalue weighted by Crippen LogP contribution is 2.39. The normalized spacial score (nSPS) is 13.3. The zero-order valence-corrected chi connectivity index (χ0v) is 15.8. The molecule has 0 amide bonds. The van der Waals surface area contributed by atoms with Gasteiger partial charge in [0.25, 0.3) is 0 Å². The molecule has 146 valence electrons. The number of ether oxygens (including phenoxy) is 3. The van der Waals surface area contributed by atoms with Gasteiger partial charge in [-0.05, 0) is 31.4 Å². The van der Waals surface area contributed by atoms with Gasteiger partial charge in [-0.15, -0.1) is 0 Å². The van der Waals surface area contributed by atoms with Crippen molar-refractivity contribution in [3.05, 3.63) is 29.5 Å². The number of rotatable bonds is 13. The molecule has 1 aliphatic heterocycles. The van der Waals surface area contributed by atoms with Gasteiger partial charge in [0.05, 0.1) is 18.8 Å². The number of hydrogen-bond acceptors (Lipinski definition) is 5. The Hall–Kier alpha value is -1.88. The molecule has 2 N–H and O–H groups in total. The molecule has 1 aromatic rings. The van der Waals surface area contributed by atoms with E-state index >= 15 is 0 Å². The summed E-state index contributed by atoms with van der Waals surface area (Å²) in [5.74, 6) is 1.80. The maximum atomic E-state index is 10.5. The van der Waals surface area contributed by atoms with Crippen LogP contribution in [0.1, 0.15) is 63.9 Å². The van der Waals surface area contributed by atoms with Gasteiger partial charge in [0, 0.05) is 6.61 Å². The van der Waals surface area contributed by atoms with Crippen molar-refractivity contribution < 1.29 is 24.4 Å². The quantitative estimate of drug-likeness (QED) is 0.491. The summed E-state index contributed by atoms with van der Waals surface area (Å²) in [6.07, 6.45) is 8.67. The Labute approximate surface area is 156 Å². The molecular weight excluding hydrogens is 332 g/mol. The van der Waals surface area contributed by atoms with Crippen molar-refractivity contribution >= 4 is 5.76 Å². The fourth-order valence-electron chi connectivity index (χ4n) is 2.90. The van der Waals surface area contributed by atoms with E-state index < -0.39 is 0 Å². The molecule has 0 radical (unpaired) electrons. The predicted molar refractivity (Wildman–Crippen MR) is 103 cm³/mol. The molecule has 1 aliphatic rings. The van der Waals surface area contributed by atoms with Crippen LogP contribution < -0.4 is 9.47 Å². The van der Waals surface area contributed by atoms with Crippen LogP contribution in [0.4, 0.5) is 0 Å². The van der Waals surface area contributed by atoms with Crippen LogP contribution in [0.2, 0.25) is 0 Å². The minimum absolute atomic E-state index is 0.137. The monoisotopic (exact) mass is 364 g/mol. The van der Waals surface area contributed by atoms with Gasteiger partial charge in [0.15, 0.2) is 23.0 Å². The Morgan fingerprint density at radius 1 is 0.962 bits per heavy atom. The summed E-state index contributed by atoms with van der Waals surface area (Å²) >= 11 is 0. The molecule has 0 bridgehead atoms. The first kappa shape index (κ1) is 20.4. The summed E-state index contributed by atoms with van der Waals surface area (Å²) < 4.78 is 17.3. The second-order valence-corrected chi connectivity index (χ2v) is 6.59. The van der Waals surface area contributed by atoms with Crippen molar-refractivity contribution in [2.24, 2.45) is 0 Å². The second kappa shape index (κ2) is 11.7. The molecule has 0 unspecified atom stereocenters. The first-order chi connectivity index (χ1) is 12.8. The lowest BCUT2D eigenvalue weighted by molar-refractivity contribution is 0.150. The second-order valence-electron chi connectivity index (χ2n) is 6.59. The van der Waals surface area contributed by atoms with E-state index in [1.165, 1.54) is 25.7 Å². The van der Waals surface area contributed by atoms with Crippen molar-refractivity contribution in [2.75, 3.05) is 26.4 Å². The van der Waals surface area contributed by atoms with Gasteiger partial charge in [-0.25, -0.2) is 0 Å². The minimum Gasteiger partial charge on any atom is -0.504 e. The minimum atomic E-state index is 0.137. The predicted octanol–water partition coefficient (Wildman–Crippen LogP) is 4.83. The van der Waals surface area contributed by atoms with Crippen molar-refractivity contribution in [2.45, 2.75) is 58.3 Å². The topological polar surface area (TPSA) is 68.2 Å². The average molecular weight is 364 g/mol. The van der Waals surface area contributed by atoms with E-state index in [4.69, 9.17) is 19.3 Å². The van der Waals surface area contributed by atoms with Crippen LogP contribution in [0.15, 0.2) is 24.0 Å². The zero-order valence-electron chi connectivity index (χ0n) is 15.8. The van der Waals surface area contributed by atoms with E-state index in [1.807, 2.05) is 12.1 Å². The standard InChI is InChI=1S/C21H32O5/c1-2-3-4-5-6-8-14-25-19-16-26-21-17(20(19)23)11-10-12-18(21)24-15-9-7-13-22/h10-12,22-23H,2-9,13-16H2,1H3. The highest BCUT2D eigenvalue weighted by Gasteiger charge is 2.24. The van der Waals surface area contributed by atoms with Crippen molar-refractivity contribution in [3.63, 3.8) is 0 Å². The molecule has 0 fully saturated rings. The van der Waals surface area contributed by atoms with Crippen LogP contribution in [0.3, 0.4) is 0 Å². The lowest BCUT2D eigenvalue weighted by Gasteiger charge is -2.23. The van der Waals surface area contributed by atoms with Crippen LogP contribution in [0.25, 0.3) is 5.76 Å². The molecule has 5 nitrogen and oxygen atoms in total. The van der Waals surface area contributed by atoms with E-state index in [2.05, 4.69) is 6.92 Å². The molecule has 0 saturated carbocycles. The summed E-state index contributed by atoms with van der Waals surface area (Å²) in [6.45, 7) is 3.69. The van der Waals surface area contributed by atoms with E-state index in [1.54, 1.807) is 6.07 Å². The van der Waals surface area contributed by atoms with Gasteiger partial charge < -0.3 is 24.4 Å². The SMILES string of the molecule is CCCCCCCCOC1=C(O)c2cccc(OCCCCO)c2OC1. The summed E-state index contributed by atoms with van der Waals surface area (Å²) in [5.41, 5.74) is 0.605. The average Bonchev–Trinajstić information content (AvgIpc) is 2.66. The van der Waals surface area contributed by atoms with Crippen molar-refractivity contribution in [1.82, 2.24) is 0 Å². The van der Waals surface area contributed by atoms with E-state index in [9.17, 15) is 5.11 Å². The molecule has 0 aromatic heterocycles. The Bertz CT molecular complexity index is 568. The van der Waals surface area contributed by atoms with Crippen LogP contribution in [-0.4, -0.2) is 36.6 Å². The molecule has 0 spiro atoms. The third-order valence-corrected chi connectivity index (χ3v) is 4.43. The number of unbranched alkanes of at least 4 members (excludes halogenated alkanes) is 6. The molecular formula is C21H32O5. The smallest absolute Gasteiger partial charge is 0.176 e. The van der Waals surface area contributed by atoms with Crippen molar-refractivity contribution in [1.29, 1.82) is 0 Å². The van der Waals surface area contributed by atoms with Crippen LogP contribution >= 0.6 is 0 Å². The maximum absolute atomic E-state index is 10.5. The summed E-state index contributed by atoms with van der Waals surface area (Å²) in [6, 6.07) is 5.46. The molecule has 5 heteroatoms. The van der Waals surface area contributed by atoms with Gasteiger partial charge in [-0.3, -0.25) is 0 Å². The summed E-state index contributed by atoms with van der Waals surface area (Å²) in [7, 11) is 0. The Morgan fingerprint density at radius 3 is 2.50 bits per heavy atom. The fourth-order valence-corrected chi connectivity index (χ4v) is 2.90. The number of fused-ring (bicyclic) bond motifs is 1. The Morgan fingerprint density at radius 2 is 1.69 bits per heavy atom. The van der Waals surface area contributed by atoms with Crippen LogP contribution in [-0.2, 0) is 4.74 Å². The van der Waals surface area contributed by atoms with Gasteiger partial charge >= 0.3 is 0 Å². The van der Waals surface area contributed by atoms with Crippen LogP contribution in [0, 0.1) is 0 Å². The van der Waals surface area contributed by atoms with Gasteiger partial charge in [0.2, 0.25) is 0 Å². The molecule has 1 heterocycles. The van der Waals surface area contributed by atoms with Crippen molar-refractivity contribution in [3.8, 4) is 11.5 Å². The third kappa shape index (κ3) is 6.13. The molecule has 0 saturated heterocycles.